The van der Waals surface area contributed by atoms with Crippen LogP contribution in [0.4, 0.5) is 0 Å². The molecule has 0 bridgehead atoms. The number of carbonyl (C=O) groups excluding carboxylic acids is 2. The van der Waals surface area contributed by atoms with E-state index in [1.165, 1.54) is 29.7 Å². The van der Waals surface area contributed by atoms with E-state index >= 15 is 0 Å². The van der Waals surface area contributed by atoms with E-state index in [1.54, 1.807) is 36.4 Å². The summed E-state index contributed by atoms with van der Waals surface area (Å²) in [6.45, 7) is 0. The number of carbonyl (C=O) groups is 2. The van der Waals surface area contributed by atoms with Crippen molar-refractivity contribution in [1.29, 1.82) is 0 Å². The molecule has 0 fully saturated rings. The summed E-state index contributed by atoms with van der Waals surface area (Å²) in [7, 11) is 0. The monoisotopic (exact) mass is 450 g/mol. The van der Waals surface area contributed by atoms with Crippen molar-refractivity contribution in [2.24, 2.45) is 5.10 Å². The van der Waals surface area contributed by atoms with Crippen molar-refractivity contribution in [3.05, 3.63) is 93.8 Å². The molecule has 4 rings (SSSR count). The second-order valence-electron chi connectivity index (χ2n) is 6.42. The zero-order chi connectivity index (χ0) is 21.8. The predicted octanol–water partition coefficient (Wildman–Crippen LogP) is 5.24. The highest BCUT2D eigenvalue weighted by molar-refractivity contribution is 7.21. The number of nitrogens with zero attached hydrogens (tertiary/aromatic N) is 1. The number of rotatable bonds is 5. The number of benzene rings is 3. The molecule has 0 unspecified atom stereocenters. The lowest BCUT2D eigenvalue weighted by atomic mass is 10.2. The Morgan fingerprint density at radius 1 is 1.03 bits per heavy atom. The van der Waals surface area contributed by atoms with Gasteiger partial charge in [0.1, 0.15) is 16.4 Å². The molecule has 31 heavy (non-hydrogen) atoms. The van der Waals surface area contributed by atoms with E-state index in [1.807, 2.05) is 24.3 Å². The van der Waals surface area contributed by atoms with Crippen molar-refractivity contribution >= 4 is 51.1 Å². The molecule has 154 valence electrons. The van der Waals surface area contributed by atoms with Crippen LogP contribution in [0.1, 0.15) is 25.6 Å². The number of halogens is 1. The van der Waals surface area contributed by atoms with Gasteiger partial charge in [-0.05, 0) is 35.9 Å². The fourth-order valence-electron chi connectivity index (χ4n) is 2.85. The van der Waals surface area contributed by atoms with Crippen LogP contribution in [0.2, 0.25) is 5.02 Å². The van der Waals surface area contributed by atoms with Gasteiger partial charge >= 0.3 is 5.97 Å². The van der Waals surface area contributed by atoms with Gasteiger partial charge in [-0.15, -0.1) is 11.3 Å². The molecule has 3 aromatic carbocycles. The maximum Gasteiger partial charge on any atom is 0.355 e. The Kier molecular flexibility index (Phi) is 5.97. The predicted molar refractivity (Wildman–Crippen MR) is 121 cm³/mol. The number of phenolic OH excluding ortho intramolecular Hbond substituents is 1. The number of hydrogen-bond acceptors (Lipinski definition) is 6. The fraction of sp³-hybridized carbons (Fsp3) is 0. The summed E-state index contributed by atoms with van der Waals surface area (Å²) in [6.07, 6.45) is 1.40. The summed E-state index contributed by atoms with van der Waals surface area (Å²) in [5.74, 6) is -0.914. The van der Waals surface area contributed by atoms with Crippen LogP contribution in [-0.4, -0.2) is 23.2 Å². The first-order valence-electron chi connectivity index (χ1n) is 9.13. The largest absolute Gasteiger partial charge is 0.507 e. The number of phenols is 1. The van der Waals surface area contributed by atoms with E-state index in [2.05, 4.69) is 10.5 Å². The first kappa shape index (κ1) is 20.6. The summed E-state index contributed by atoms with van der Waals surface area (Å²) in [5.41, 5.74) is 3.06. The number of hydrogen-bond donors (Lipinski definition) is 2. The molecule has 0 aliphatic heterocycles. The van der Waals surface area contributed by atoms with Crippen molar-refractivity contribution in [1.82, 2.24) is 5.43 Å². The van der Waals surface area contributed by atoms with Gasteiger partial charge in [0, 0.05) is 10.1 Å². The highest BCUT2D eigenvalue weighted by Gasteiger charge is 2.19. The van der Waals surface area contributed by atoms with Gasteiger partial charge in [0.15, 0.2) is 0 Å². The SMILES string of the molecule is O=C(N/N=C\c1cccc(OC(=O)c2sc3ccccc3c2Cl)c1)c1ccccc1O. The Morgan fingerprint density at radius 3 is 2.61 bits per heavy atom. The molecule has 6 nitrogen and oxygen atoms in total. The van der Waals surface area contributed by atoms with Crippen molar-refractivity contribution < 1.29 is 19.4 Å². The van der Waals surface area contributed by atoms with Crippen LogP contribution in [0.15, 0.2) is 77.9 Å². The molecule has 8 heteroatoms. The van der Waals surface area contributed by atoms with Gasteiger partial charge in [0.25, 0.3) is 5.91 Å². The zero-order valence-electron chi connectivity index (χ0n) is 15.9. The minimum Gasteiger partial charge on any atom is -0.507 e. The van der Waals surface area contributed by atoms with Gasteiger partial charge in [-0.2, -0.15) is 5.10 Å². The van der Waals surface area contributed by atoms with Crippen LogP contribution < -0.4 is 10.2 Å². The lowest BCUT2D eigenvalue weighted by Crippen LogP contribution is -2.17. The topological polar surface area (TPSA) is 88.0 Å². The highest BCUT2D eigenvalue weighted by atomic mass is 35.5. The molecule has 0 radical (unpaired) electrons. The van der Waals surface area contributed by atoms with E-state index < -0.39 is 11.9 Å². The molecule has 4 aromatic rings. The molecule has 0 aliphatic rings. The molecule has 0 atom stereocenters. The van der Waals surface area contributed by atoms with Gasteiger partial charge in [0.05, 0.1) is 16.8 Å². The van der Waals surface area contributed by atoms with Crippen LogP contribution in [0, 0.1) is 0 Å². The third-order valence-electron chi connectivity index (χ3n) is 4.32. The summed E-state index contributed by atoms with van der Waals surface area (Å²) < 4.78 is 6.37. The third-order valence-corrected chi connectivity index (χ3v) is 5.97. The molecule has 0 saturated heterocycles. The standard InChI is InChI=1S/C23H15ClN2O4S/c24-20-17-9-2-4-11-19(17)31-21(20)23(29)30-15-7-5-6-14(12-15)13-25-26-22(28)16-8-1-3-10-18(16)27/h1-13,27H,(H,26,28)/b25-13-. The van der Waals surface area contributed by atoms with E-state index in [0.29, 0.717) is 21.2 Å². The zero-order valence-corrected chi connectivity index (χ0v) is 17.5. The molecule has 0 saturated carbocycles. The number of esters is 1. The molecular weight excluding hydrogens is 436 g/mol. The third kappa shape index (κ3) is 4.58. The van der Waals surface area contributed by atoms with Crippen molar-refractivity contribution in [2.75, 3.05) is 0 Å². The van der Waals surface area contributed by atoms with Gasteiger partial charge in [0.2, 0.25) is 0 Å². The second-order valence-corrected chi connectivity index (χ2v) is 7.85. The molecular formula is C23H15ClN2O4S. The Bertz CT molecular complexity index is 1320. The van der Waals surface area contributed by atoms with Gasteiger partial charge in [-0.25, -0.2) is 10.2 Å². The summed E-state index contributed by atoms with van der Waals surface area (Å²) in [6, 6.07) is 20.3. The van der Waals surface area contributed by atoms with Crippen molar-refractivity contribution in [2.45, 2.75) is 0 Å². The van der Waals surface area contributed by atoms with Gasteiger partial charge in [-0.3, -0.25) is 4.79 Å². The number of aromatic hydroxyl groups is 1. The molecule has 1 heterocycles. The normalized spacial score (nSPS) is 11.0. The smallest absolute Gasteiger partial charge is 0.355 e. The van der Waals surface area contributed by atoms with E-state index in [-0.39, 0.29) is 11.3 Å². The van der Waals surface area contributed by atoms with Gasteiger partial charge in [-0.1, -0.05) is 54.1 Å². The number of thiophene rings is 1. The van der Waals surface area contributed by atoms with Crippen molar-refractivity contribution in [3.63, 3.8) is 0 Å². The molecule has 0 spiro atoms. The molecule has 2 N–H and O–H groups in total. The average Bonchev–Trinajstić information content (AvgIpc) is 3.11. The van der Waals surface area contributed by atoms with Crippen LogP contribution in [-0.2, 0) is 0 Å². The number of para-hydroxylation sites is 1. The quantitative estimate of drug-likeness (QED) is 0.188. The fourth-order valence-corrected chi connectivity index (χ4v) is 4.23. The number of fused-ring (bicyclic) bond motifs is 1. The lowest BCUT2D eigenvalue weighted by molar-refractivity contribution is 0.0739. The minimum absolute atomic E-state index is 0.113. The van der Waals surface area contributed by atoms with Crippen LogP contribution in [0.25, 0.3) is 10.1 Å². The van der Waals surface area contributed by atoms with Crippen LogP contribution in [0.3, 0.4) is 0 Å². The maximum absolute atomic E-state index is 12.6. The Hall–Kier alpha value is -3.68. The molecule has 1 amide bonds. The summed E-state index contributed by atoms with van der Waals surface area (Å²) >= 11 is 7.61. The van der Waals surface area contributed by atoms with E-state index in [4.69, 9.17) is 16.3 Å². The van der Waals surface area contributed by atoms with Crippen LogP contribution >= 0.6 is 22.9 Å². The van der Waals surface area contributed by atoms with Gasteiger partial charge < -0.3 is 9.84 Å². The molecule has 0 aliphatic carbocycles. The first-order chi connectivity index (χ1) is 15.0. The second kappa shape index (κ2) is 8.99. The van der Waals surface area contributed by atoms with E-state index in [0.717, 1.165) is 10.1 Å². The van der Waals surface area contributed by atoms with Crippen molar-refractivity contribution in [3.8, 4) is 11.5 Å². The van der Waals surface area contributed by atoms with Crippen LogP contribution in [0.5, 0.6) is 11.5 Å². The number of hydrazone groups is 1. The number of ether oxygens (including phenoxy) is 1. The minimum atomic E-state index is -0.548. The first-order valence-corrected chi connectivity index (χ1v) is 10.3. The molecule has 1 aromatic heterocycles. The maximum atomic E-state index is 12.6. The Labute approximate surface area is 186 Å². The Balaban J connectivity index is 1.45. The Morgan fingerprint density at radius 2 is 1.81 bits per heavy atom. The summed E-state index contributed by atoms with van der Waals surface area (Å²) in [4.78, 5) is 25.0. The summed E-state index contributed by atoms with van der Waals surface area (Å²) in [5, 5.41) is 14.8. The average molecular weight is 451 g/mol. The number of amides is 1. The van der Waals surface area contributed by atoms with E-state index in [9.17, 15) is 14.7 Å². The number of nitrogens with one attached hydrogen (secondary N) is 1. The highest BCUT2D eigenvalue weighted by Crippen LogP contribution is 2.35. The lowest BCUT2D eigenvalue weighted by Gasteiger charge is -2.04.